The Morgan fingerprint density at radius 3 is 1.15 bits per heavy atom. The lowest BCUT2D eigenvalue weighted by atomic mass is 9.85. The van der Waals surface area contributed by atoms with Crippen LogP contribution < -0.4 is 0 Å². The molecule has 6 heteroatoms. The van der Waals surface area contributed by atoms with E-state index in [1.54, 1.807) is 73.2 Å². The molecule has 6 nitrogen and oxygen atoms in total. The molecule has 3 rings (SSSR count). The second kappa shape index (κ2) is 11.6. The highest BCUT2D eigenvalue weighted by Crippen LogP contribution is 2.25. The van der Waals surface area contributed by atoms with E-state index in [2.05, 4.69) is 21.9 Å². The molecule has 0 radical (unpaired) electrons. The maximum atomic E-state index is 10.00. The van der Waals surface area contributed by atoms with Gasteiger partial charge in [-0.3, -0.25) is 15.0 Å². The van der Waals surface area contributed by atoms with E-state index >= 15 is 0 Å². The van der Waals surface area contributed by atoms with Gasteiger partial charge >= 0.3 is 0 Å². The second-order valence-corrected chi connectivity index (χ2v) is 7.94. The average molecular weight is 444 g/mol. The number of para-hydroxylation sites is 3. The van der Waals surface area contributed by atoms with Crippen molar-refractivity contribution >= 4 is 18.6 Å². The van der Waals surface area contributed by atoms with Crippen LogP contribution in [0.5, 0.6) is 17.2 Å². The molecule has 0 aliphatic rings. The number of phenols is 3. The summed E-state index contributed by atoms with van der Waals surface area (Å²) in [6, 6.07) is 21.1. The van der Waals surface area contributed by atoms with E-state index < -0.39 is 0 Å². The van der Waals surface area contributed by atoms with Crippen LogP contribution in [-0.2, 0) is 0 Å². The van der Waals surface area contributed by atoms with Gasteiger partial charge in [-0.2, -0.15) is 0 Å². The van der Waals surface area contributed by atoms with Crippen LogP contribution in [0.1, 0.15) is 30.0 Å². The lowest BCUT2D eigenvalue weighted by Gasteiger charge is -2.27. The van der Waals surface area contributed by atoms with Crippen LogP contribution in [0.2, 0.25) is 0 Å². The van der Waals surface area contributed by atoms with Gasteiger partial charge in [-0.15, -0.1) is 0 Å². The molecule has 0 aliphatic carbocycles. The van der Waals surface area contributed by atoms with Gasteiger partial charge in [0.1, 0.15) is 17.2 Å². The molecule has 0 spiro atoms. The molecule has 33 heavy (non-hydrogen) atoms. The fourth-order valence-corrected chi connectivity index (χ4v) is 3.29. The van der Waals surface area contributed by atoms with Crippen LogP contribution in [0.4, 0.5) is 0 Å². The summed E-state index contributed by atoms with van der Waals surface area (Å²) >= 11 is 0. The Morgan fingerprint density at radius 2 is 0.879 bits per heavy atom. The lowest BCUT2D eigenvalue weighted by Crippen LogP contribution is -2.31. The topological polar surface area (TPSA) is 97.8 Å². The van der Waals surface area contributed by atoms with Gasteiger partial charge in [0.05, 0.1) is 0 Å². The molecule has 170 valence electrons. The third-order valence-electron chi connectivity index (χ3n) is 5.53. The Kier molecular flexibility index (Phi) is 8.36. The Hall–Kier alpha value is -3.93. The molecule has 3 aromatic rings. The molecule has 0 saturated carbocycles. The van der Waals surface area contributed by atoms with E-state index in [1.807, 2.05) is 18.2 Å². The van der Waals surface area contributed by atoms with Gasteiger partial charge < -0.3 is 15.3 Å². The Balaban J connectivity index is 1.80. The standard InChI is InChI=1S/C27H29N3O3/c1-2-27(18-28-15-21-9-3-6-12-24(21)31,19-29-16-22-10-4-7-13-25(22)32)20-30-17-23-11-5-8-14-26(23)33/h3-17,31-33H,2,18-20H2,1H3. The van der Waals surface area contributed by atoms with E-state index in [0.29, 0.717) is 36.3 Å². The SMILES string of the molecule is CCC(CN=Cc1ccccc1O)(CN=Cc1ccccc1O)CN=Cc1ccccc1O. The quantitative estimate of drug-likeness (QED) is 0.390. The molecule has 0 aliphatic heterocycles. The molecule has 3 N–H and O–H groups in total. The van der Waals surface area contributed by atoms with Crippen molar-refractivity contribution in [1.29, 1.82) is 0 Å². The zero-order valence-electron chi connectivity index (χ0n) is 18.7. The Labute approximate surface area is 194 Å². The van der Waals surface area contributed by atoms with Crippen LogP contribution in [0.15, 0.2) is 87.8 Å². The van der Waals surface area contributed by atoms with Gasteiger partial charge in [0.2, 0.25) is 0 Å². The molecule has 0 unspecified atom stereocenters. The summed E-state index contributed by atoms with van der Waals surface area (Å²) in [7, 11) is 0. The third-order valence-corrected chi connectivity index (χ3v) is 5.53. The minimum Gasteiger partial charge on any atom is -0.507 e. The van der Waals surface area contributed by atoms with E-state index in [9.17, 15) is 15.3 Å². The minimum atomic E-state index is -0.372. The van der Waals surface area contributed by atoms with Crippen molar-refractivity contribution in [2.45, 2.75) is 13.3 Å². The first-order chi connectivity index (χ1) is 16.0. The van der Waals surface area contributed by atoms with Crippen molar-refractivity contribution in [2.24, 2.45) is 20.4 Å². The number of benzene rings is 3. The molecule has 0 aromatic heterocycles. The van der Waals surface area contributed by atoms with Gasteiger partial charge in [-0.05, 0) is 42.8 Å². The number of phenolic OH excluding ortho intramolecular Hbond substituents is 3. The zero-order valence-corrected chi connectivity index (χ0v) is 18.7. The highest BCUT2D eigenvalue weighted by molar-refractivity contribution is 5.84. The second-order valence-electron chi connectivity index (χ2n) is 7.94. The maximum Gasteiger partial charge on any atom is 0.124 e. The van der Waals surface area contributed by atoms with E-state index in [0.717, 1.165) is 6.42 Å². The summed E-state index contributed by atoms with van der Waals surface area (Å²) < 4.78 is 0. The largest absolute Gasteiger partial charge is 0.507 e. The Bertz CT molecular complexity index is 999. The van der Waals surface area contributed by atoms with Gasteiger partial charge in [0, 0.05) is 60.4 Å². The first-order valence-electron chi connectivity index (χ1n) is 10.9. The molecule has 0 amide bonds. The van der Waals surface area contributed by atoms with Gasteiger partial charge in [-0.1, -0.05) is 43.3 Å². The third kappa shape index (κ3) is 6.77. The predicted octanol–water partition coefficient (Wildman–Crippen LogP) is 4.86. The van der Waals surface area contributed by atoms with E-state index in [-0.39, 0.29) is 22.7 Å². The number of rotatable bonds is 10. The first kappa shape index (κ1) is 23.7. The van der Waals surface area contributed by atoms with Gasteiger partial charge in [0.25, 0.3) is 0 Å². The lowest BCUT2D eigenvalue weighted by molar-refractivity contribution is 0.313. The summed E-state index contributed by atoms with van der Waals surface area (Å²) in [4.78, 5) is 13.8. The number of hydrogen-bond donors (Lipinski definition) is 3. The highest BCUT2D eigenvalue weighted by Gasteiger charge is 2.27. The maximum absolute atomic E-state index is 10.00. The van der Waals surface area contributed by atoms with Crippen molar-refractivity contribution in [3.8, 4) is 17.2 Å². The van der Waals surface area contributed by atoms with Crippen molar-refractivity contribution < 1.29 is 15.3 Å². The Morgan fingerprint density at radius 1 is 0.576 bits per heavy atom. The molecular weight excluding hydrogens is 414 g/mol. The van der Waals surface area contributed by atoms with Gasteiger partial charge in [-0.25, -0.2) is 0 Å². The van der Waals surface area contributed by atoms with E-state index in [1.165, 1.54) is 0 Å². The smallest absolute Gasteiger partial charge is 0.124 e. The number of aromatic hydroxyl groups is 3. The minimum absolute atomic E-state index is 0.179. The highest BCUT2D eigenvalue weighted by atomic mass is 16.3. The van der Waals surface area contributed by atoms with Crippen LogP contribution in [-0.4, -0.2) is 53.6 Å². The summed E-state index contributed by atoms with van der Waals surface area (Å²) in [6.45, 7) is 3.43. The van der Waals surface area contributed by atoms with E-state index in [4.69, 9.17) is 0 Å². The summed E-state index contributed by atoms with van der Waals surface area (Å²) in [6.07, 6.45) is 5.76. The van der Waals surface area contributed by atoms with Crippen LogP contribution in [0.3, 0.4) is 0 Å². The molecule has 0 bridgehead atoms. The van der Waals surface area contributed by atoms with Gasteiger partial charge in [0.15, 0.2) is 0 Å². The summed E-state index contributed by atoms with van der Waals surface area (Å²) in [5, 5.41) is 30.0. The molecule has 0 heterocycles. The molecule has 0 fully saturated rings. The number of aliphatic imine (C=N–C) groups is 3. The van der Waals surface area contributed by atoms with Crippen molar-refractivity contribution in [3.05, 3.63) is 89.5 Å². The van der Waals surface area contributed by atoms with Crippen molar-refractivity contribution in [3.63, 3.8) is 0 Å². The van der Waals surface area contributed by atoms with Crippen molar-refractivity contribution in [2.75, 3.05) is 19.6 Å². The zero-order chi connectivity index (χ0) is 23.5. The van der Waals surface area contributed by atoms with Crippen molar-refractivity contribution in [1.82, 2.24) is 0 Å². The number of hydrogen-bond acceptors (Lipinski definition) is 6. The molecule has 0 atom stereocenters. The summed E-state index contributed by atoms with van der Waals surface area (Å²) in [5.74, 6) is 0.537. The fraction of sp³-hybridized carbons (Fsp3) is 0.222. The normalized spacial score (nSPS) is 13.7. The molecular formula is C27H29N3O3. The molecule has 3 aromatic carbocycles. The monoisotopic (exact) mass is 443 g/mol. The fourth-order valence-electron chi connectivity index (χ4n) is 3.29. The summed E-state index contributed by atoms with van der Waals surface area (Å²) in [5.41, 5.74) is 1.58. The first-order valence-corrected chi connectivity index (χ1v) is 10.9. The number of nitrogens with zero attached hydrogens (tertiary/aromatic N) is 3. The molecule has 0 saturated heterocycles. The predicted molar refractivity (Wildman–Crippen MR) is 134 cm³/mol. The average Bonchev–Trinajstić information content (AvgIpc) is 2.82. The van der Waals surface area contributed by atoms with Crippen LogP contribution >= 0.6 is 0 Å². The van der Waals surface area contributed by atoms with Crippen LogP contribution in [0.25, 0.3) is 0 Å². The van der Waals surface area contributed by atoms with Crippen LogP contribution in [0, 0.1) is 5.41 Å².